The van der Waals surface area contributed by atoms with Gasteiger partial charge in [-0.1, -0.05) is 0 Å². The van der Waals surface area contributed by atoms with Crippen LogP contribution in [0, 0.1) is 5.82 Å². The molecule has 0 aromatic heterocycles. The van der Waals surface area contributed by atoms with E-state index in [1.165, 1.54) is 24.3 Å². The van der Waals surface area contributed by atoms with Gasteiger partial charge in [-0.25, -0.2) is 4.39 Å². The third kappa shape index (κ3) is 4.62. The number of carbonyl (C=O) groups excluding carboxylic acids is 1. The minimum atomic E-state index is -0.355. The summed E-state index contributed by atoms with van der Waals surface area (Å²) in [4.78, 5) is 12.0. The van der Waals surface area contributed by atoms with Crippen LogP contribution >= 0.6 is 0 Å². The van der Waals surface area contributed by atoms with Crippen LogP contribution in [0.1, 0.15) is 18.5 Å². The number of ether oxygens (including phenoxy) is 3. The number of benzene rings is 2. The Morgan fingerprint density at radius 1 is 1.08 bits per heavy atom. The van der Waals surface area contributed by atoms with Crippen LogP contribution in [0.4, 0.5) is 4.39 Å². The minimum Gasteiger partial charge on any atom is -0.497 e. The number of hydrogen-bond donors (Lipinski definition) is 1. The predicted octanol–water partition coefficient (Wildman–Crippen LogP) is 3.10. The van der Waals surface area contributed by atoms with Gasteiger partial charge in [0.25, 0.3) is 5.91 Å². The largest absolute Gasteiger partial charge is 0.497 e. The van der Waals surface area contributed by atoms with Gasteiger partial charge < -0.3 is 19.5 Å². The molecule has 0 heterocycles. The van der Waals surface area contributed by atoms with Gasteiger partial charge in [-0.3, -0.25) is 4.79 Å². The molecular formula is C18H20FNO4. The fraction of sp³-hybridized carbons (Fsp3) is 0.278. The molecule has 6 heteroatoms. The van der Waals surface area contributed by atoms with Gasteiger partial charge in [0, 0.05) is 11.6 Å². The van der Waals surface area contributed by atoms with Crippen LogP contribution in [0.5, 0.6) is 17.2 Å². The van der Waals surface area contributed by atoms with Gasteiger partial charge in [-0.2, -0.15) is 0 Å². The molecule has 0 aliphatic heterocycles. The Labute approximate surface area is 140 Å². The average Bonchev–Trinajstić information content (AvgIpc) is 2.60. The second kappa shape index (κ2) is 8.19. The molecule has 0 aliphatic rings. The Balaban J connectivity index is 1.94. The van der Waals surface area contributed by atoms with Gasteiger partial charge in [0.15, 0.2) is 6.61 Å². The van der Waals surface area contributed by atoms with E-state index in [2.05, 4.69) is 5.32 Å². The SMILES string of the molecule is COc1ccc(C(C)NC(=O)COc2ccc(F)cc2)c(OC)c1. The molecule has 0 fully saturated rings. The highest BCUT2D eigenvalue weighted by Crippen LogP contribution is 2.29. The van der Waals surface area contributed by atoms with Crippen LogP contribution in [0.15, 0.2) is 42.5 Å². The number of methoxy groups -OCH3 is 2. The van der Waals surface area contributed by atoms with Crippen molar-refractivity contribution in [3.63, 3.8) is 0 Å². The molecule has 128 valence electrons. The maximum atomic E-state index is 12.8. The van der Waals surface area contributed by atoms with Crippen molar-refractivity contribution in [2.75, 3.05) is 20.8 Å². The normalized spacial score (nSPS) is 11.5. The van der Waals surface area contributed by atoms with E-state index in [4.69, 9.17) is 14.2 Å². The molecule has 24 heavy (non-hydrogen) atoms. The number of amides is 1. The zero-order valence-corrected chi connectivity index (χ0v) is 13.8. The Morgan fingerprint density at radius 3 is 2.38 bits per heavy atom. The lowest BCUT2D eigenvalue weighted by atomic mass is 10.1. The van der Waals surface area contributed by atoms with E-state index < -0.39 is 0 Å². The number of hydrogen-bond acceptors (Lipinski definition) is 4. The molecular weight excluding hydrogens is 313 g/mol. The summed E-state index contributed by atoms with van der Waals surface area (Å²) in [5, 5.41) is 2.83. The monoisotopic (exact) mass is 333 g/mol. The first kappa shape index (κ1) is 17.6. The van der Waals surface area contributed by atoms with Crippen molar-refractivity contribution in [2.45, 2.75) is 13.0 Å². The first-order chi connectivity index (χ1) is 11.5. The fourth-order valence-electron chi connectivity index (χ4n) is 2.22. The lowest BCUT2D eigenvalue weighted by Gasteiger charge is -2.18. The molecule has 0 aliphatic carbocycles. The second-order valence-corrected chi connectivity index (χ2v) is 5.14. The van der Waals surface area contributed by atoms with E-state index in [1.54, 1.807) is 26.4 Å². The molecule has 0 saturated heterocycles. The van der Waals surface area contributed by atoms with Crippen molar-refractivity contribution < 1.29 is 23.4 Å². The second-order valence-electron chi connectivity index (χ2n) is 5.14. The van der Waals surface area contributed by atoms with Gasteiger partial charge in [0.2, 0.25) is 0 Å². The smallest absolute Gasteiger partial charge is 0.258 e. The summed E-state index contributed by atoms with van der Waals surface area (Å²) in [6.45, 7) is 1.69. The van der Waals surface area contributed by atoms with Crippen LogP contribution in [-0.2, 0) is 4.79 Å². The minimum absolute atomic E-state index is 0.158. The van der Waals surface area contributed by atoms with Crippen molar-refractivity contribution in [1.82, 2.24) is 5.32 Å². The standard InChI is InChI=1S/C18H20FNO4/c1-12(16-9-8-15(22-2)10-17(16)23-3)20-18(21)11-24-14-6-4-13(19)5-7-14/h4-10,12H,11H2,1-3H3,(H,20,21). The van der Waals surface area contributed by atoms with Crippen LogP contribution in [-0.4, -0.2) is 26.7 Å². The molecule has 2 aromatic carbocycles. The van der Waals surface area contributed by atoms with E-state index in [1.807, 2.05) is 13.0 Å². The Kier molecular flexibility index (Phi) is 6.01. The van der Waals surface area contributed by atoms with Crippen molar-refractivity contribution in [2.24, 2.45) is 0 Å². The van der Waals surface area contributed by atoms with Crippen molar-refractivity contribution in [3.8, 4) is 17.2 Å². The maximum Gasteiger partial charge on any atom is 0.258 e. The van der Waals surface area contributed by atoms with Crippen molar-refractivity contribution in [3.05, 3.63) is 53.8 Å². The third-order valence-electron chi connectivity index (χ3n) is 3.47. The zero-order chi connectivity index (χ0) is 17.5. The van der Waals surface area contributed by atoms with E-state index in [-0.39, 0.29) is 24.4 Å². The Morgan fingerprint density at radius 2 is 1.75 bits per heavy atom. The number of rotatable bonds is 7. The third-order valence-corrected chi connectivity index (χ3v) is 3.47. The van der Waals surface area contributed by atoms with Crippen molar-refractivity contribution in [1.29, 1.82) is 0 Å². The molecule has 2 rings (SSSR count). The number of halogens is 1. The molecule has 5 nitrogen and oxygen atoms in total. The topological polar surface area (TPSA) is 56.8 Å². The van der Waals surface area contributed by atoms with Crippen LogP contribution in [0.2, 0.25) is 0 Å². The summed E-state index contributed by atoms with van der Waals surface area (Å²) in [5.41, 5.74) is 0.827. The predicted molar refractivity (Wildman–Crippen MR) is 88.0 cm³/mol. The van der Waals surface area contributed by atoms with E-state index in [9.17, 15) is 9.18 Å². The van der Waals surface area contributed by atoms with E-state index in [0.29, 0.717) is 17.2 Å². The first-order valence-electron chi connectivity index (χ1n) is 7.43. The average molecular weight is 333 g/mol. The Hall–Kier alpha value is -2.76. The van der Waals surface area contributed by atoms with Crippen LogP contribution in [0.3, 0.4) is 0 Å². The molecule has 1 atom stereocenters. The summed E-state index contributed by atoms with van der Waals surface area (Å²) in [6, 6.07) is 10.6. The van der Waals surface area contributed by atoms with Crippen LogP contribution in [0.25, 0.3) is 0 Å². The molecule has 1 amide bonds. The lowest BCUT2D eigenvalue weighted by molar-refractivity contribution is -0.123. The van der Waals surface area contributed by atoms with E-state index in [0.717, 1.165) is 5.56 Å². The van der Waals surface area contributed by atoms with Gasteiger partial charge in [0.05, 0.1) is 20.3 Å². The molecule has 0 saturated carbocycles. The summed E-state index contributed by atoms with van der Waals surface area (Å²) >= 11 is 0. The quantitative estimate of drug-likeness (QED) is 0.846. The highest BCUT2D eigenvalue weighted by molar-refractivity contribution is 5.78. The van der Waals surface area contributed by atoms with Crippen molar-refractivity contribution >= 4 is 5.91 Å². The molecule has 0 spiro atoms. The Bertz CT molecular complexity index is 688. The van der Waals surface area contributed by atoms with Gasteiger partial charge in [0.1, 0.15) is 23.1 Å². The molecule has 1 N–H and O–H groups in total. The number of nitrogens with one attached hydrogen (secondary N) is 1. The van der Waals surface area contributed by atoms with E-state index >= 15 is 0 Å². The maximum absolute atomic E-state index is 12.8. The first-order valence-corrected chi connectivity index (χ1v) is 7.43. The van der Waals surface area contributed by atoms with Crippen LogP contribution < -0.4 is 19.5 Å². The lowest BCUT2D eigenvalue weighted by Crippen LogP contribution is -2.31. The summed E-state index contributed by atoms with van der Waals surface area (Å²) in [6.07, 6.45) is 0. The summed E-state index contributed by atoms with van der Waals surface area (Å²) < 4.78 is 28.6. The van der Waals surface area contributed by atoms with Gasteiger partial charge >= 0.3 is 0 Å². The fourth-order valence-corrected chi connectivity index (χ4v) is 2.22. The zero-order valence-electron chi connectivity index (χ0n) is 13.8. The summed E-state index contributed by atoms with van der Waals surface area (Å²) in [7, 11) is 3.14. The highest BCUT2D eigenvalue weighted by Gasteiger charge is 2.15. The molecule has 2 aromatic rings. The van der Waals surface area contributed by atoms with Gasteiger partial charge in [-0.05, 0) is 43.3 Å². The number of carbonyl (C=O) groups is 1. The van der Waals surface area contributed by atoms with Gasteiger partial charge in [-0.15, -0.1) is 0 Å². The highest BCUT2D eigenvalue weighted by atomic mass is 19.1. The summed E-state index contributed by atoms with van der Waals surface area (Å²) in [5.74, 6) is 1.09. The molecule has 0 bridgehead atoms. The molecule has 0 radical (unpaired) electrons. The molecule has 1 unspecified atom stereocenters.